The number of nitrogens with one attached hydrogen (secondary N) is 3. The number of hydrogen-bond donors (Lipinski definition) is 3. The van der Waals surface area contributed by atoms with Gasteiger partial charge >= 0.3 is 0 Å². The highest BCUT2D eigenvalue weighted by atomic mass is 16.5. The average molecular weight is 409 g/mol. The fourth-order valence-electron chi connectivity index (χ4n) is 3.08. The zero-order chi connectivity index (χ0) is 21.3. The molecular weight excluding hydrogens is 382 g/mol. The Labute approximate surface area is 175 Å². The summed E-state index contributed by atoms with van der Waals surface area (Å²) in [6, 6.07) is 10.9. The number of aryl methyl sites for hydroxylation is 2. The highest BCUT2D eigenvalue weighted by Gasteiger charge is 2.14. The minimum absolute atomic E-state index is 0.273. The van der Waals surface area contributed by atoms with Crippen molar-refractivity contribution in [2.24, 2.45) is 4.99 Å². The van der Waals surface area contributed by atoms with Crippen molar-refractivity contribution in [1.29, 1.82) is 0 Å². The lowest BCUT2D eigenvalue weighted by Gasteiger charge is -2.13. The van der Waals surface area contributed by atoms with Gasteiger partial charge in [-0.15, -0.1) is 0 Å². The van der Waals surface area contributed by atoms with Crippen LogP contribution in [0.15, 0.2) is 56.6 Å². The second-order valence-electron chi connectivity index (χ2n) is 6.65. The van der Waals surface area contributed by atoms with Crippen LogP contribution in [-0.4, -0.2) is 24.1 Å². The van der Waals surface area contributed by atoms with E-state index in [-0.39, 0.29) is 11.7 Å². The molecule has 0 fully saturated rings. The van der Waals surface area contributed by atoms with E-state index in [4.69, 9.17) is 8.94 Å². The Balaban J connectivity index is 1.56. The van der Waals surface area contributed by atoms with Gasteiger partial charge in [0.2, 0.25) is 0 Å². The van der Waals surface area contributed by atoms with Crippen LogP contribution in [0.3, 0.4) is 0 Å². The lowest BCUT2D eigenvalue weighted by Crippen LogP contribution is -2.36. The Hall–Kier alpha value is -3.55. The van der Waals surface area contributed by atoms with E-state index >= 15 is 0 Å². The molecule has 0 radical (unpaired) electrons. The molecule has 2 aromatic heterocycles. The van der Waals surface area contributed by atoms with Gasteiger partial charge in [-0.05, 0) is 36.2 Å². The van der Waals surface area contributed by atoms with E-state index in [1.807, 2.05) is 31.2 Å². The van der Waals surface area contributed by atoms with Gasteiger partial charge in [0.25, 0.3) is 5.91 Å². The molecule has 0 bridgehead atoms. The smallest absolute Gasteiger partial charge is 0.291 e. The molecule has 0 aliphatic rings. The van der Waals surface area contributed by atoms with Crippen molar-refractivity contribution in [3.05, 3.63) is 71.0 Å². The summed E-state index contributed by atoms with van der Waals surface area (Å²) < 4.78 is 10.5. The Kier molecular flexibility index (Phi) is 7.26. The van der Waals surface area contributed by atoms with Crippen molar-refractivity contribution in [1.82, 2.24) is 15.8 Å². The number of aromatic nitrogens is 1. The molecule has 0 saturated carbocycles. The summed E-state index contributed by atoms with van der Waals surface area (Å²) in [6.07, 6.45) is 3.09. The van der Waals surface area contributed by atoms with E-state index in [0.29, 0.717) is 24.7 Å². The van der Waals surface area contributed by atoms with E-state index in [1.54, 1.807) is 19.2 Å². The minimum atomic E-state index is -0.283. The molecule has 30 heavy (non-hydrogen) atoms. The maximum absolute atomic E-state index is 12.1. The van der Waals surface area contributed by atoms with Crippen molar-refractivity contribution < 1.29 is 13.7 Å². The molecule has 2 heterocycles. The van der Waals surface area contributed by atoms with Crippen LogP contribution in [0.25, 0.3) is 0 Å². The molecular formula is C22H27N5O3. The molecule has 3 aromatic rings. The van der Waals surface area contributed by atoms with Gasteiger partial charge in [-0.25, -0.2) is 0 Å². The molecule has 0 atom stereocenters. The van der Waals surface area contributed by atoms with Crippen molar-refractivity contribution >= 4 is 17.6 Å². The first-order valence-electron chi connectivity index (χ1n) is 9.99. The molecule has 8 nitrogen and oxygen atoms in total. The minimum Gasteiger partial charge on any atom is -0.459 e. The van der Waals surface area contributed by atoms with Crippen molar-refractivity contribution in [3.63, 3.8) is 0 Å². The molecule has 8 heteroatoms. The molecule has 3 rings (SSSR count). The van der Waals surface area contributed by atoms with Crippen LogP contribution in [0.1, 0.15) is 47.0 Å². The summed E-state index contributed by atoms with van der Waals surface area (Å²) in [4.78, 5) is 16.4. The van der Waals surface area contributed by atoms with Crippen molar-refractivity contribution in [2.45, 2.75) is 39.8 Å². The van der Waals surface area contributed by atoms with Crippen molar-refractivity contribution in [3.8, 4) is 0 Å². The molecule has 0 spiro atoms. The van der Waals surface area contributed by atoms with Gasteiger partial charge in [0, 0.05) is 37.8 Å². The first-order valence-corrected chi connectivity index (χ1v) is 9.99. The number of amides is 1. The van der Waals surface area contributed by atoms with Crippen LogP contribution in [0, 0.1) is 0 Å². The Bertz CT molecular complexity index is 971. The van der Waals surface area contributed by atoms with Crippen LogP contribution in [0.2, 0.25) is 0 Å². The molecule has 158 valence electrons. The predicted molar refractivity (Wildman–Crippen MR) is 115 cm³/mol. The van der Waals surface area contributed by atoms with E-state index in [1.165, 1.54) is 6.26 Å². The van der Waals surface area contributed by atoms with Crippen LogP contribution in [0.5, 0.6) is 0 Å². The van der Waals surface area contributed by atoms with E-state index in [0.717, 1.165) is 35.4 Å². The number of carbonyl (C=O) groups is 1. The average Bonchev–Trinajstić information content (AvgIpc) is 3.44. The highest BCUT2D eigenvalue weighted by molar-refractivity contribution is 6.02. The number of aliphatic imine (C=N–C) groups is 1. The fourth-order valence-corrected chi connectivity index (χ4v) is 3.08. The standard InChI is InChI=1S/C22H27N5O3/c1-4-18-17(19(5-2)30-27-18)14-25-22(23-3)24-13-15-8-6-9-16(12-15)26-21(28)20-10-7-11-29-20/h6-12H,4-5,13-14H2,1-3H3,(H,26,28)(H2,23,24,25). The number of rotatable bonds is 8. The van der Waals surface area contributed by atoms with E-state index in [2.05, 4.69) is 33.0 Å². The second-order valence-corrected chi connectivity index (χ2v) is 6.65. The number of carbonyl (C=O) groups excluding carboxylic acids is 1. The summed E-state index contributed by atoms with van der Waals surface area (Å²) in [5.74, 6) is 1.56. The summed E-state index contributed by atoms with van der Waals surface area (Å²) >= 11 is 0. The summed E-state index contributed by atoms with van der Waals surface area (Å²) in [6.45, 7) is 5.25. The quantitative estimate of drug-likeness (QED) is 0.388. The Morgan fingerprint density at radius 1 is 1.10 bits per heavy atom. The van der Waals surface area contributed by atoms with Crippen LogP contribution in [-0.2, 0) is 25.9 Å². The third-order valence-electron chi connectivity index (χ3n) is 4.65. The van der Waals surface area contributed by atoms with Gasteiger partial charge in [0.15, 0.2) is 11.7 Å². The number of benzene rings is 1. The van der Waals surface area contributed by atoms with Gasteiger partial charge in [-0.1, -0.05) is 31.1 Å². The Morgan fingerprint density at radius 2 is 1.93 bits per heavy atom. The maximum atomic E-state index is 12.1. The number of anilines is 1. The number of hydrogen-bond acceptors (Lipinski definition) is 5. The highest BCUT2D eigenvalue weighted by Crippen LogP contribution is 2.16. The van der Waals surface area contributed by atoms with Gasteiger partial charge in [0.05, 0.1) is 12.0 Å². The lowest BCUT2D eigenvalue weighted by molar-refractivity contribution is 0.0996. The van der Waals surface area contributed by atoms with Crippen LogP contribution in [0.4, 0.5) is 5.69 Å². The molecule has 1 amide bonds. The van der Waals surface area contributed by atoms with E-state index in [9.17, 15) is 4.79 Å². The summed E-state index contributed by atoms with van der Waals surface area (Å²) in [5, 5.41) is 13.6. The molecule has 0 saturated heterocycles. The van der Waals surface area contributed by atoms with Crippen LogP contribution >= 0.6 is 0 Å². The molecule has 1 aromatic carbocycles. The molecule has 0 aliphatic carbocycles. The topological polar surface area (TPSA) is 105 Å². The summed E-state index contributed by atoms with van der Waals surface area (Å²) in [7, 11) is 1.73. The zero-order valence-corrected chi connectivity index (χ0v) is 17.5. The molecule has 0 unspecified atom stereocenters. The largest absolute Gasteiger partial charge is 0.459 e. The van der Waals surface area contributed by atoms with Gasteiger partial charge in [-0.3, -0.25) is 9.79 Å². The third-order valence-corrected chi connectivity index (χ3v) is 4.65. The number of furan rings is 1. The number of nitrogens with zero attached hydrogens (tertiary/aromatic N) is 2. The van der Waals surface area contributed by atoms with Gasteiger partial charge in [-0.2, -0.15) is 0 Å². The normalized spacial score (nSPS) is 11.4. The van der Waals surface area contributed by atoms with E-state index < -0.39 is 0 Å². The Morgan fingerprint density at radius 3 is 2.63 bits per heavy atom. The van der Waals surface area contributed by atoms with Crippen molar-refractivity contribution in [2.75, 3.05) is 12.4 Å². The molecule has 0 aliphatic heterocycles. The lowest BCUT2D eigenvalue weighted by atomic mass is 10.1. The maximum Gasteiger partial charge on any atom is 0.291 e. The van der Waals surface area contributed by atoms with Gasteiger partial charge < -0.3 is 24.9 Å². The predicted octanol–water partition coefficient (Wildman–Crippen LogP) is 3.51. The third kappa shape index (κ3) is 5.28. The first-order chi connectivity index (χ1) is 14.6. The first kappa shape index (κ1) is 21.2. The molecule has 3 N–H and O–H groups in total. The number of guanidine groups is 1. The SMILES string of the molecule is CCc1noc(CC)c1CNC(=NC)NCc1cccc(NC(=O)c2ccco2)c1. The summed E-state index contributed by atoms with van der Waals surface area (Å²) in [5.41, 5.74) is 3.76. The van der Waals surface area contributed by atoms with Gasteiger partial charge in [0.1, 0.15) is 5.76 Å². The zero-order valence-electron chi connectivity index (χ0n) is 17.5. The fraction of sp³-hybridized carbons (Fsp3) is 0.318. The van der Waals surface area contributed by atoms with Crippen LogP contribution < -0.4 is 16.0 Å². The monoisotopic (exact) mass is 409 g/mol. The second kappa shape index (κ2) is 10.3.